The number of piperazine rings is 1. The molecular formula is C24H20ClF3N4O5. The minimum Gasteiger partial charge on any atom is -0.451 e. The molecule has 194 valence electrons. The van der Waals surface area contributed by atoms with Crippen molar-refractivity contribution < 1.29 is 32.1 Å². The summed E-state index contributed by atoms with van der Waals surface area (Å²) in [6.45, 7) is 1.63. The molecule has 1 aliphatic heterocycles. The van der Waals surface area contributed by atoms with Crippen LogP contribution in [-0.4, -0.2) is 54.0 Å². The van der Waals surface area contributed by atoms with Crippen molar-refractivity contribution in [3.63, 3.8) is 0 Å². The fourth-order valence-electron chi connectivity index (χ4n) is 4.00. The van der Waals surface area contributed by atoms with E-state index in [0.29, 0.717) is 16.3 Å². The monoisotopic (exact) mass is 536 g/mol. The van der Waals surface area contributed by atoms with Crippen LogP contribution < -0.4 is 10.2 Å². The van der Waals surface area contributed by atoms with Crippen LogP contribution in [0.15, 0.2) is 52.9 Å². The summed E-state index contributed by atoms with van der Waals surface area (Å²) >= 11 is 6.11. The second-order valence-corrected chi connectivity index (χ2v) is 8.77. The van der Waals surface area contributed by atoms with Crippen LogP contribution in [0.2, 0.25) is 5.02 Å². The quantitative estimate of drug-likeness (QED) is 0.351. The summed E-state index contributed by atoms with van der Waals surface area (Å²) < 4.78 is 43.8. The zero-order valence-electron chi connectivity index (χ0n) is 19.3. The molecule has 0 spiro atoms. The lowest BCUT2D eigenvalue weighted by atomic mass is 10.1. The highest BCUT2D eigenvalue weighted by molar-refractivity contribution is 6.31. The summed E-state index contributed by atoms with van der Waals surface area (Å²) in [5.74, 6) is -2.53. The molecule has 0 atom stereocenters. The van der Waals surface area contributed by atoms with Gasteiger partial charge in [-0.15, -0.1) is 0 Å². The van der Waals surface area contributed by atoms with Gasteiger partial charge in [-0.05, 0) is 48.9 Å². The molecule has 0 unspecified atom stereocenters. The van der Waals surface area contributed by atoms with Crippen molar-refractivity contribution in [3.05, 3.63) is 75.0 Å². The van der Waals surface area contributed by atoms with E-state index in [-0.39, 0.29) is 54.6 Å². The normalized spacial score (nSPS) is 14.0. The van der Waals surface area contributed by atoms with Crippen molar-refractivity contribution in [2.24, 2.45) is 0 Å². The van der Waals surface area contributed by atoms with E-state index in [9.17, 15) is 32.9 Å². The molecule has 13 heteroatoms. The highest BCUT2D eigenvalue weighted by Gasteiger charge is 2.43. The second-order valence-electron chi connectivity index (χ2n) is 8.33. The van der Waals surface area contributed by atoms with Crippen LogP contribution >= 0.6 is 11.6 Å². The molecule has 1 aliphatic rings. The number of carbonyl (C=O) groups is 2. The number of nitrogens with one attached hydrogen (secondary N) is 1. The summed E-state index contributed by atoms with van der Waals surface area (Å²) in [4.78, 5) is 37.8. The van der Waals surface area contributed by atoms with Gasteiger partial charge in [-0.3, -0.25) is 19.7 Å². The zero-order valence-corrected chi connectivity index (χ0v) is 20.1. The van der Waals surface area contributed by atoms with Crippen molar-refractivity contribution in [2.75, 3.05) is 36.4 Å². The van der Waals surface area contributed by atoms with E-state index < -0.39 is 22.9 Å². The van der Waals surface area contributed by atoms with E-state index in [2.05, 4.69) is 5.32 Å². The lowest BCUT2D eigenvalue weighted by molar-refractivity contribution is -0.384. The number of amides is 2. The average molecular weight is 537 g/mol. The Balaban J connectivity index is 1.52. The van der Waals surface area contributed by atoms with Crippen LogP contribution in [0.3, 0.4) is 0 Å². The Hall–Kier alpha value is -4.06. The van der Waals surface area contributed by atoms with Gasteiger partial charge in [-0.1, -0.05) is 17.7 Å². The SMILES string of the molecule is Cc1ccc(-c2ccc(C(=O)Nc3cc(Cl)ccc3N3CCN(C(=O)C(F)(F)F)CC3)o2)c([N+](=O)[O-])c1. The third kappa shape index (κ3) is 5.69. The van der Waals surface area contributed by atoms with Crippen LogP contribution in [0.4, 0.5) is 30.2 Å². The van der Waals surface area contributed by atoms with E-state index in [1.54, 1.807) is 30.0 Å². The third-order valence-corrected chi connectivity index (χ3v) is 6.04. The minimum absolute atomic E-state index is 0.105. The Kier molecular flexibility index (Phi) is 7.12. The van der Waals surface area contributed by atoms with Gasteiger partial charge in [0.2, 0.25) is 0 Å². The van der Waals surface area contributed by atoms with Crippen molar-refractivity contribution >= 4 is 40.5 Å². The first-order valence-electron chi connectivity index (χ1n) is 11.0. The molecule has 37 heavy (non-hydrogen) atoms. The number of nitro benzene ring substituents is 1. The van der Waals surface area contributed by atoms with E-state index in [1.807, 2.05) is 0 Å². The second kappa shape index (κ2) is 10.1. The molecule has 2 aromatic carbocycles. The van der Waals surface area contributed by atoms with Crippen LogP contribution in [0.25, 0.3) is 11.3 Å². The molecule has 1 saturated heterocycles. The smallest absolute Gasteiger partial charge is 0.451 e. The maximum absolute atomic E-state index is 13.0. The molecule has 9 nitrogen and oxygen atoms in total. The molecule has 1 N–H and O–H groups in total. The standard InChI is InChI=1S/C24H20ClF3N4O5/c1-14-2-4-16(19(12-14)32(35)36)20-6-7-21(37-20)22(33)29-17-13-15(25)3-5-18(17)30-8-10-31(11-9-30)23(34)24(26,27)28/h2-7,12-13H,8-11H2,1H3,(H,29,33). The summed E-state index contributed by atoms with van der Waals surface area (Å²) in [6.07, 6.45) is -4.94. The average Bonchev–Trinajstić information content (AvgIpc) is 3.33. The molecule has 1 fully saturated rings. The van der Waals surface area contributed by atoms with E-state index >= 15 is 0 Å². The summed E-state index contributed by atoms with van der Waals surface area (Å²) in [5, 5.41) is 14.4. The van der Waals surface area contributed by atoms with Gasteiger partial charge in [0.15, 0.2) is 5.76 Å². The van der Waals surface area contributed by atoms with Crippen molar-refractivity contribution in [3.8, 4) is 11.3 Å². The molecule has 0 bridgehead atoms. The number of nitro groups is 1. The Morgan fingerprint density at radius 1 is 1.05 bits per heavy atom. The number of benzene rings is 2. The number of nitrogens with zero attached hydrogens (tertiary/aromatic N) is 3. The molecule has 0 aliphatic carbocycles. The van der Waals surface area contributed by atoms with Gasteiger partial charge in [0.25, 0.3) is 11.6 Å². The van der Waals surface area contributed by atoms with Crippen LogP contribution in [0.1, 0.15) is 16.1 Å². The first kappa shape index (κ1) is 26.0. The Morgan fingerprint density at radius 2 is 1.76 bits per heavy atom. The molecular weight excluding hydrogens is 517 g/mol. The number of rotatable bonds is 5. The number of hydrogen-bond donors (Lipinski definition) is 1. The highest BCUT2D eigenvalue weighted by atomic mass is 35.5. The Labute approximate surface area is 213 Å². The molecule has 2 amide bonds. The fraction of sp³-hybridized carbons (Fsp3) is 0.250. The molecule has 0 saturated carbocycles. The number of hydrogen-bond acceptors (Lipinski definition) is 6. The van der Waals surface area contributed by atoms with Gasteiger partial charge >= 0.3 is 12.1 Å². The van der Waals surface area contributed by atoms with Gasteiger partial charge in [0.05, 0.1) is 21.9 Å². The van der Waals surface area contributed by atoms with E-state index in [0.717, 1.165) is 4.90 Å². The van der Waals surface area contributed by atoms with Crippen molar-refractivity contribution in [2.45, 2.75) is 13.1 Å². The van der Waals surface area contributed by atoms with Crippen LogP contribution in [-0.2, 0) is 4.79 Å². The summed E-state index contributed by atoms with van der Waals surface area (Å²) in [6, 6.07) is 12.1. The number of alkyl halides is 3. The highest BCUT2D eigenvalue weighted by Crippen LogP contribution is 2.34. The minimum atomic E-state index is -4.94. The molecule has 3 aromatic rings. The Bertz CT molecular complexity index is 1370. The first-order valence-corrected chi connectivity index (χ1v) is 11.4. The number of carbonyl (C=O) groups excluding carboxylic acids is 2. The van der Waals surface area contributed by atoms with Crippen LogP contribution in [0.5, 0.6) is 0 Å². The van der Waals surface area contributed by atoms with Crippen LogP contribution in [0, 0.1) is 17.0 Å². The number of halogens is 4. The predicted octanol–water partition coefficient (Wildman–Crippen LogP) is 5.28. The third-order valence-electron chi connectivity index (χ3n) is 5.80. The van der Waals surface area contributed by atoms with Gasteiger partial charge in [-0.2, -0.15) is 13.2 Å². The molecule has 4 rings (SSSR count). The Morgan fingerprint density at radius 3 is 2.41 bits per heavy atom. The number of anilines is 2. The van der Waals surface area contributed by atoms with Gasteiger partial charge < -0.3 is 19.5 Å². The fourth-order valence-corrected chi connectivity index (χ4v) is 4.18. The first-order chi connectivity index (χ1) is 17.4. The topological polar surface area (TPSA) is 109 Å². The largest absolute Gasteiger partial charge is 0.471 e. The lowest BCUT2D eigenvalue weighted by Gasteiger charge is -2.37. The van der Waals surface area contributed by atoms with E-state index in [4.69, 9.17) is 16.0 Å². The maximum atomic E-state index is 13.0. The van der Waals surface area contributed by atoms with Gasteiger partial charge in [-0.25, -0.2) is 0 Å². The number of furan rings is 1. The predicted molar refractivity (Wildman–Crippen MR) is 130 cm³/mol. The number of aryl methyl sites for hydroxylation is 1. The van der Waals surface area contributed by atoms with Crippen molar-refractivity contribution in [1.29, 1.82) is 0 Å². The summed E-state index contributed by atoms with van der Waals surface area (Å²) in [5.41, 5.74) is 1.52. The maximum Gasteiger partial charge on any atom is 0.471 e. The van der Waals surface area contributed by atoms with Gasteiger partial charge in [0.1, 0.15) is 5.76 Å². The zero-order chi connectivity index (χ0) is 26.9. The van der Waals surface area contributed by atoms with Crippen molar-refractivity contribution in [1.82, 2.24) is 4.90 Å². The summed E-state index contributed by atoms with van der Waals surface area (Å²) in [7, 11) is 0. The van der Waals surface area contributed by atoms with Gasteiger partial charge in [0, 0.05) is 37.3 Å². The molecule has 0 radical (unpaired) electrons. The lowest BCUT2D eigenvalue weighted by Crippen LogP contribution is -2.52. The molecule has 2 heterocycles. The molecule has 1 aromatic heterocycles. The van der Waals surface area contributed by atoms with E-state index in [1.165, 1.54) is 30.3 Å².